The van der Waals surface area contributed by atoms with Crippen molar-refractivity contribution in [3.05, 3.63) is 66.4 Å². The molecule has 23 heavy (non-hydrogen) atoms. The second kappa shape index (κ2) is 5.44. The molecular formula is C18H16N2O2S. The molecule has 3 aromatic rings. The Hall–Kier alpha value is -2.24. The van der Waals surface area contributed by atoms with Gasteiger partial charge in [-0.2, -0.15) is 0 Å². The van der Waals surface area contributed by atoms with E-state index in [-0.39, 0.29) is 4.90 Å². The van der Waals surface area contributed by atoms with Gasteiger partial charge in [0.15, 0.2) is 0 Å². The predicted molar refractivity (Wildman–Crippen MR) is 89.2 cm³/mol. The lowest BCUT2D eigenvalue weighted by Crippen LogP contribution is -2.40. The van der Waals surface area contributed by atoms with Crippen LogP contribution in [0.1, 0.15) is 11.5 Å². The summed E-state index contributed by atoms with van der Waals surface area (Å²) < 4.78 is 25.4. The van der Waals surface area contributed by atoms with Crippen molar-refractivity contribution in [1.29, 1.82) is 0 Å². The average molecular weight is 324 g/mol. The minimum atomic E-state index is -3.53. The van der Waals surface area contributed by atoms with E-state index in [0.717, 1.165) is 24.0 Å². The quantitative estimate of drug-likeness (QED) is 0.805. The largest absolute Gasteiger partial charge is 0.315 e. The predicted octanol–water partition coefficient (Wildman–Crippen LogP) is 2.75. The summed E-state index contributed by atoms with van der Waals surface area (Å²) in [4.78, 5) is 5.00. The fourth-order valence-electron chi connectivity index (χ4n) is 2.88. The van der Waals surface area contributed by atoms with Gasteiger partial charge >= 0.3 is 0 Å². The van der Waals surface area contributed by atoms with Crippen molar-refractivity contribution in [1.82, 2.24) is 10.3 Å². The number of hydrogen-bond acceptors (Lipinski definition) is 4. The molecule has 1 aliphatic rings. The lowest BCUT2D eigenvalue weighted by Gasteiger charge is -2.28. The molecule has 0 saturated carbocycles. The van der Waals surface area contributed by atoms with Gasteiger partial charge in [0, 0.05) is 30.6 Å². The molecule has 0 spiro atoms. The van der Waals surface area contributed by atoms with Crippen LogP contribution in [-0.4, -0.2) is 26.5 Å². The van der Waals surface area contributed by atoms with Crippen molar-refractivity contribution in [2.24, 2.45) is 0 Å². The molecular weight excluding hydrogens is 308 g/mol. The van der Waals surface area contributed by atoms with Crippen LogP contribution in [0.15, 0.2) is 70.6 Å². The Kier molecular flexibility index (Phi) is 3.39. The minimum absolute atomic E-state index is 0.236. The van der Waals surface area contributed by atoms with E-state index in [9.17, 15) is 8.42 Å². The molecule has 1 fully saturated rings. The van der Waals surface area contributed by atoms with Crippen LogP contribution < -0.4 is 5.32 Å². The van der Waals surface area contributed by atoms with Crippen molar-refractivity contribution in [2.45, 2.75) is 15.7 Å². The monoisotopic (exact) mass is 324 g/mol. The van der Waals surface area contributed by atoms with Crippen molar-refractivity contribution in [3.8, 4) is 0 Å². The van der Waals surface area contributed by atoms with Crippen LogP contribution >= 0.6 is 0 Å². The number of hydrogen-bond donors (Lipinski definition) is 1. The van der Waals surface area contributed by atoms with E-state index in [1.807, 2.05) is 12.1 Å². The van der Waals surface area contributed by atoms with Gasteiger partial charge in [-0.15, -0.1) is 0 Å². The van der Waals surface area contributed by atoms with E-state index < -0.39 is 9.84 Å². The Balaban J connectivity index is 1.84. The molecule has 0 radical (unpaired) electrons. The summed E-state index contributed by atoms with van der Waals surface area (Å²) in [7, 11) is -3.53. The summed E-state index contributed by atoms with van der Waals surface area (Å²) in [6.45, 7) is 1.90. The smallest absolute Gasteiger partial charge is 0.208 e. The molecule has 1 N–H and O–H groups in total. The molecule has 0 atom stereocenters. The van der Waals surface area contributed by atoms with E-state index >= 15 is 0 Å². The summed E-state index contributed by atoms with van der Waals surface area (Å²) in [6.07, 6.45) is 1.47. The molecule has 1 aliphatic heterocycles. The first-order valence-corrected chi connectivity index (χ1v) is 9.04. The van der Waals surface area contributed by atoms with Gasteiger partial charge in [-0.05, 0) is 23.8 Å². The van der Waals surface area contributed by atoms with Gasteiger partial charge in [-0.25, -0.2) is 8.42 Å². The number of nitrogens with one attached hydrogen (secondary N) is 1. The highest BCUT2D eigenvalue weighted by Crippen LogP contribution is 2.29. The number of aromatic nitrogens is 1. The third-order valence-electron chi connectivity index (χ3n) is 4.30. The SMILES string of the molecule is O=S(=O)(c1ccccc1)c1cnc2c(C3CNC3)cccc2c1. The Morgan fingerprint density at radius 2 is 1.74 bits per heavy atom. The van der Waals surface area contributed by atoms with Crippen molar-refractivity contribution >= 4 is 20.7 Å². The number of nitrogens with zero attached hydrogens (tertiary/aromatic N) is 1. The standard InChI is InChI=1S/C18H16N2O2S/c21-23(22,15-6-2-1-3-7-15)16-9-13-5-4-8-17(14-10-19-11-14)18(13)20-12-16/h1-9,12,14,19H,10-11H2. The lowest BCUT2D eigenvalue weighted by atomic mass is 9.92. The minimum Gasteiger partial charge on any atom is -0.315 e. The maximum atomic E-state index is 12.7. The van der Waals surface area contributed by atoms with Crippen LogP contribution in [0.5, 0.6) is 0 Å². The highest BCUT2D eigenvalue weighted by Gasteiger charge is 2.23. The Bertz CT molecular complexity index is 965. The Morgan fingerprint density at radius 1 is 0.957 bits per heavy atom. The van der Waals surface area contributed by atoms with Crippen LogP contribution in [0.25, 0.3) is 10.9 Å². The summed E-state index contributed by atoms with van der Waals surface area (Å²) in [6, 6.07) is 16.2. The second-order valence-electron chi connectivity index (χ2n) is 5.76. The number of pyridine rings is 1. The van der Waals surface area contributed by atoms with E-state index in [2.05, 4.69) is 16.4 Å². The van der Waals surface area contributed by atoms with Gasteiger partial charge in [-0.3, -0.25) is 4.98 Å². The molecule has 5 heteroatoms. The average Bonchev–Trinajstić information content (AvgIpc) is 2.54. The van der Waals surface area contributed by atoms with E-state index in [4.69, 9.17) is 0 Å². The molecule has 1 saturated heterocycles. The van der Waals surface area contributed by atoms with Crippen molar-refractivity contribution in [2.75, 3.05) is 13.1 Å². The van der Waals surface area contributed by atoms with Crippen molar-refractivity contribution < 1.29 is 8.42 Å². The zero-order valence-electron chi connectivity index (χ0n) is 12.4. The van der Waals surface area contributed by atoms with Crippen LogP contribution in [0.2, 0.25) is 0 Å². The molecule has 0 amide bonds. The van der Waals surface area contributed by atoms with E-state index in [1.54, 1.807) is 36.4 Å². The van der Waals surface area contributed by atoms with Crippen LogP contribution in [0.4, 0.5) is 0 Å². The molecule has 116 valence electrons. The number of benzene rings is 2. The Labute approximate surface area is 135 Å². The molecule has 0 unspecified atom stereocenters. The molecule has 4 nitrogen and oxygen atoms in total. The normalized spacial score (nSPS) is 15.5. The van der Waals surface area contributed by atoms with E-state index in [0.29, 0.717) is 10.8 Å². The first-order valence-electron chi connectivity index (χ1n) is 7.56. The van der Waals surface area contributed by atoms with E-state index in [1.165, 1.54) is 11.8 Å². The van der Waals surface area contributed by atoms with Gasteiger partial charge in [0.1, 0.15) is 0 Å². The lowest BCUT2D eigenvalue weighted by molar-refractivity contribution is 0.450. The molecule has 2 aromatic carbocycles. The number of rotatable bonds is 3. The molecule has 0 bridgehead atoms. The number of para-hydroxylation sites is 1. The number of fused-ring (bicyclic) bond motifs is 1. The first-order chi connectivity index (χ1) is 11.2. The maximum absolute atomic E-state index is 12.7. The fourth-order valence-corrected chi connectivity index (χ4v) is 4.15. The van der Waals surface area contributed by atoms with Gasteiger partial charge in [-0.1, -0.05) is 36.4 Å². The Morgan fingerprint density at radius 3 is 2.43 bits per heavy atom. The first kappa shape index (κ1) is 14.4. The topological polar surface area (TPSA) is 59.1 Å². The third kappa shape index (κ3) is 2.42. The summed E-state index contributed by atoms with van der Waals surface area (Å²) in [5.41, 5.74) is 2.08. The molecule has 2 heterocycles. The highest BCUT2D eigenvalue weighted by molar-refractivity contribution is 7.91. The summed E-state index contributed by atoms with van der Waals surface area (Å²) >= 11 is 0. The van der Waals surface area contributed by atoms with Crippen molar-refractivity contribution in [3.63, 3.8) is 0 Å². The van der Waals surface area contributed by atoms with Gasteiger partial charge in [0.2, 0.25) is 9.84 Å². The molecule has 1 aromatic heterocycles. The zero-order valence-corrected chi connectivity index (χ0v) is 13.3. The van der Waals surface area contributed by atoms with Crippen LogP contribution in [0.3, 0.4) is 0 Å². The van der Waals surface area contributed by atoms with Crippen LogP contribution in [-0.2, 0) is 9.84 Å². The highest BCUT2D eigenvalue weighted by atomic mass is 32.2. The summed E-state index contributed by atoms with van der Waals surface area (Å²) in [5, 5.41) is 4.12. The maximum Gasteiger partial charge on any atom is 0.208 e. The summed E-state index contributed by atoms with van der Waals surface area (Å²) in [5.74, 6) is 0.461. The second-order valence-corrected chi connectivity index (χ2v) is 7.71. The molecule has 0 aliphatic carbocycles. The number of sulfone groups is 1. The van der Waals surface area contributed by atoms with Crippen LogP contribution in [0, 0.1) is 0 Å². The van der Waals surface area contributed by atoms with Gasteiger partial charge < -0.3 is 5.32 Å². The zero-order chi connectivity index (χ0) is 15.9. The third-order valence-corrected chi connectivity index (χ3v) is 6.04. The molecule has 4 rings (SSSR count). The fraction of sp³-hybridized carbons (Fsp3) is 0.167. The van der Waals surface area contributed by atoms with Gasteiger partial charge in [0.25, 0.3) is 0 Å². The van der Waals surface area contributed by atoms with Gasteiger partial charge in [0.05, 0.1) is 15.3 Å².